The number of piperidine rings is 1. The number of fused-ring (bicyclic) bond motifs is 3. The minimum Gasteiger partial charge on any atom is -0.376 e. The molecule has 4 aliphatic rings. The molecular weight excluding hydrogens is 408 g/mol. The van der Waals surface area contributed by atoms with Crippen molar-refractivity contribution in [1.82, 2.24) is 9.88 Å². The van der Waals surface area contributed by atoms with E-state index in [9.17, 15) is 10.1 Å². The Labute approximate surface area is 167 Å². The van der Waals surface area contributed by atoms with Gasteiger partial charge in [0.05, 0.1) is 35.6 Å². The smallest absolute Gasteiger partial charge is 0.239 e. The largest absolute Gasteiger partial charge is 0.376 e. The molecule has 2 atom stereocenters. The summed E-state index contributed by atoms with van der Waals surface area (Å²) in [5.74, 6) is 0.0857. The first-order chi connectivity index (χ1) is 12.9. The standard InChI is InChI=1S/C20H23BrN4O2/c1-19(2)17-16(5-12(21)9-23-17)25(18(19)26)14-7-20(8-14,11-22)24-4-3-15-6-13(24)10-27-15/h5,9,13-15H,3-4,6-8,10H2,1-2H3. The van der Waals surface area contributed by atoms with Gasteiger partial charge in [-0.2, -0.15) is 5.26 Å². The van der Waals surface area contributed by atoms with E-state index in [2.05, 4.69) is 31.9 Å². The number of pyridine rings is 1. The molecule has 1 aliphatic carbocycles. The van der Waals surface area contributed by atoms with E-state index in [1.54, 1.807) is 6.20 Å². The van der Waals surface area contributed by atoms with E-state index in [4.69, 9.17) is 4.74 Å². The highest BCUT2D eigenvalue weighted by Crippen LogP contribution is 2.50. The van der Waals surface area contributed by atoms with Crippen LogP contribution in [0.15, 0.2) is 16.7 Å². The Morgan fingerprint density at radius 1 is 1.37 bits per heavy atom. The van der Waals surface area contributed by atoms with Crippen LogP contribution in [0.4, 0.5) is 5.69 Å². The topological polar surface area (TPSA) is 69.5 Å². The average molecular weight is 431 g/mol. The van der Waals surface area contributed by atoms with Crippen LogP contribution in [0.2, 0.25) is 0 Å². The fourth-order valence-corrected chi connectivity index (χ4v) is 5.71. The second-order valence-electron chi connectivity index (χ2n) is 8.85. The van der Waals surface area contributed by atoms with Crippen LogP contribution in [0.1, 0.15) is 45.2 Å². The molecule has 5 rings (SSSR count). The van der Waals surface area contributed by atoms with Crippen LogP contribution in [0.5, 0.6) is 0 Å². The maximum atomic E-state index is 13.2. The minimum absolute atomic E-state index is 0.0498. The second kappa shape index (κ2) is 5.76. The number of amides is 1. The number of carbonyl (C=O) groups is 1. The summed E-state index contributed by atoms with van der Waals surface area (Å²) in [7, 11) is 0. The quantitative estimate of drug-likeness (QED) is 0.721. The number of nitrogens with zero attached hydrogens (tertiary/aromatic N) is 4. The molecule has 1 aromatic heterocycles. The van der Waals surface area contributed by atoms with Crippen LogP contribution in [-0.4, -0.2) is 52.7 Å². The van der Waals surface area contributed by atoms with Gasteiger partial charge in [-0.05, 0) is 48.7 Å². The molecular formula is C20H23BrN4O2. The summed E-state index contributed by atoms with van der Waals surface area (Å²) < 4.78 is 6.69. The predicted octanol–water partition coefficient (Wildman–Crippen LogP) is 2.76. The van der Waals surface area contributed by atoms with E-state index in [-0.39, 0.29) is 11.9 Å². The molecule has 4 heterocycles. The number of ether oxygens (including phenoxy) is 1. The average Bonchev–Trinajstić information content (AvgIpc) is 3.06. The zero-order valence-electron chi connectivity index (χ0n) is 15.6. The van der Waals surface area contributed by atoms with Gasteiger partial charge in [-0.1, -0.05) is 0 Å². The van der Waals surface area contributed by atoms with Crippen molar-refractivity contribution >= 4 is 27.5 Å². The number of rotatable bonds is 2. The summed E-state index contributed by atoms with van der Waals surface area (Å²) in [4.78, 5) is 22.0. The Balaban J connectivity index is 1.43. The number of anilines is 1. The van der Waals surface area contributed by atoms with E-state index < -0.39 is 11.0 Å². The predicted molar refractivity (Wildman–Crippen MR) is 103 cm³/mol. The van der Waals surface area contributed by atoms with Gasteiger partial charge >= 0.3 is 0 Å². The Morgan fingerprint density at radius 2 is 2.15 bits per heavy atom. The molecule has 2 saturated heterocycles. The van der Waals surface area contributed by atoms with Crippen LogP contribution in [-0.2, 0) is 14.9 Å². The number of aromatic nitrogens is 1. The summed E-state index contributed by atoms with van der Waals surface area (Å²) >= 11 is 3.48. The summed E-state index contributed by atoms with van der Waals surface area (Å²) in [6, 6.07) is 4.98. The monoisotopic (exact) mass is 430 g/mol. The third kappa shape index (κ3) is 2.36. The van der Waals surface area contributed by atoms with E-state index in [0.29, 0.717) is 25.0 Å². The summed E-state index contributed by atoms with van der Waals surface area (Å²) in [6.07, 6.45) is 5.54. The molecule has 7 heteroatoms. The molecule has 3 fully saturated rings. The molecule has 1 saturated carbocycles. The molecule has 0 radical (unpaired) electrons. The van der Waals surface area contributed by atoms with Gasteiger partial charge in [-0.3, -0.25) is 14.7 Å². The molecule has 1 amide bonds. The van der Waals surface area contributed by atoms with Gasteiger partial charge in [0.2, 0.25) is 5.91 Å². The molecule has 142 valence electrons. The molecule has 1 aromatic rings. The SMILES string of the molecule is CC1(C)C(=O)N(C2CC(C#N)(N3CCC4CC3CO4)C2)c2cc(Br)cnc21. The van der Waals surface area contributed by atoms with Gasteiger partial charge in [0.15, 0.2) is 0 Å². The van der Waals surface area contributed by atoms with Gasteiger partial charge in [-0.25, -0.2) is 0 Å². The highest BCUT2D eigenvalue weighted by molar-refractivity contribution is 9.10. The van der Waals surface area contributed by atoms with Gasteiger partial charge < -0.3 is 9.64 Å². The van der Waals surface area contributed by atoms with Crippen molar-refractivity contribution in [1.29, 1.82) is 5.26 Å². The Morgan fingerprint density at radius 3 is 2.89 bits per heavy atom. The van der Waals surface area contributed by atoms with Crippen molar-refractivity contribution in [2.24, 2.45) is 0 Å². The van der Waals surface area contributed by atoms with Crippen LogP contribution in [0.3, 0.4) is 0 Å². The molecule has 2 bridgehead atoms. The number of carbonyl (C=O) groups excluding carboxylic acids is 1. The van der Waals surface area contributed by atoms with Crippen LogP contribution < -0.4 is 4.90 Å². The maximum Gasteiger partial charge on any atom is 0.239 e. The van der Waals surface area contributed by atoms with Gasteiger partial charge in [0.1, 0.15) is 5.54 Å². The lowest BCUT2D eigenvalue weighted by atomic mass is 9.70. The zero-order chi connectivity index (χ0) is 19.0. The first-order valence-corrected chi connectivity index (χ1v) is 10.4. The fraction of sp³-hybridized carbons (Fsp3) is 0.650. The van der Waals surface area contributed by atoms with Crippen LogP contribution in [0, 0.1) is 11.3 Å². The minimum atomic E-state index is -0.626. The Hall–Kier alpha value is -1.49. The number of likely N-dealkylation sites (tertiary alicyclic amines) is 1. The van der Waals surface area contributed by atoms with Gasteiger partial charge in [0.25, 0.3) is 0 Å². The summed E-state index contributed by atoms with van der Waals surface area (Å²) in [6.45, 7) is 5.52. The molecule has 0 aromatic carbocycles. The highest BCUT2D eigenvalue weighted by atomic mass is 79.9. The lowest BCUT2D eigenvalue weighted by Gasteiger charge is -2.54. The third-order valence-corrected chi connectivity index (χ3v) is 7.33. The van der Waals surface area contributed by atoms with Crippen LogP contribution >= 0.6 is 15.9 Å². The van der Waals surface area contributed by atoms with E-state index in [1.165, 1.54) is 0 Å². The van der Waals surface area contributed by atoms with Crippen molar-refractivity contribution in [2.75, 3.05) is 18.1 Å². The molecule has 27 heavy (non-hydrogen) atoms. The Kier molecular flexibility index (Phi) is 3.75. The number of hydrogen-bond donors (Lipinski definition) is 0. The maximum absolute atomic E-state index is 13.2. The molecule has 0 spiro atoms. The van der Waals surface area contributed by atoms with Crippen LogP contribution in [0.25, 0.3) is 0 Å². The second-order valence-corrected chi connectivity index (χ2v) is 9.77. The number of nitriles is 1. The van der Waals surface area contributed by atoms with E-state index in [0.717, 1.165) is 41.8 Å². The van der Waals surface area contributed by atoms with E-state index >= 15 is 0 Å². The lowest BCUT2D eigenvalue weighted by molar-refractivity contribution is -0.123. The van der Waals surface area contributed by atoms with E-state index in [1.807, 2.05) is 24.8 Å². The lowest BCUT2D eigenvalue weighted by Crippen LogP contribution is -2.67. The van der Waals surface area contributed by atoms with Crippen molar-refractivity contribution < 1.29 is 9.53 Å². The highest BCUT2D eigenvalue weighted by Gasteiger charge is 2.59. The fourth-order valence-electron chi connectivity index (χ4n) is 5.39. The normalized spacial score (nSPS) is 37.0. The van der Waals surface area contributed by atoms with Crippen molar-refractivity contribution in [3.05, 3.63) is 22.4 Å². The molecule has 3 aliphatic heterocycles. The van der Waals surface area contributed by atoms with Crippen molar-refractivity contribution in [3.8, 4) is 6.07 Å². The van der Waals surface area contributed by atoms with Crippen molar-refractivity contribution in [2.45, 2.75) is 68.7 Å². The van der Waals surface area contributed by atoms with Crippen molar-refractivity contribution in [3.63, 3.8) is 0 Å². The summed E-state index contributed by atoms with van der Waals surface area (Å²) in [5, 5.41) is 10.0. The number of hydrogen-bond acceptors (Lipinski definition) is 5. The molecule has 0 N–H and O–H groups in total. The molecule has 2 unspecified atom stereocenters. The Bertz CT molecular complexity index is 858. The first-order valence-electron chi connectivity index (χ1n) is 9.65. The van der Waals surface area contributed by atoms with Gasteiger partial charge in [-0.15, -0.1) is 0 Å². The third-order valence-electron chi connectivity index (χ3n) is 6.90. The molecule has 6 nitrogen and oxygen atoms in total. The van der Waals surface area contributed by atoms with Gasteiger partial charge in [0, 0.05) is 42.1 Å². The zero-order valence-corrected chi connectivity index (χ0v) is 17.2. The summed E-state index contributed by atoms with van der Waals surface area (Å²) in [5.41, 5.74) is 0.619. The first kappa shape index (κ1) is 17.6. The number of halogens is 1.